The number of hydrogen-bond donors (Lipinski definition) is 2. The van der Waals surface area contributed by atoms with Gasteiger partial charge in [-0.1, -0.05) is 31.2 Å². The van der Waals surface area contributed by atoms with Gasteiger partial charge in [-0.05, 0) is 55.0 Å². The first-order valence-corrected chi connectivity index (χ1v) is 11.7. The minimum atomic E-state index is -3.60. The Balaban J connectivity index is 1.85. The number of benzene rings is 3. The van der Waals surface area contributed by atoms with Crippen molar-refractivity contribution in [2.24, 2.45) is 0 Å². The Hall–Kier alpha value is -3.65. The molecule has 0 saturated heterocycles. The molecular formula is C24H24N2O5S. The molecule has 0 aliphatic carbocycles. The van der Waals surface area contributed by atoms with Crippen LogP contribution in [0.3, 0.4) is 0 Å². The summed E-state index contributed by atoms with van der Waals surface area (Å²) in [4.78, 5) is 25.8. The molecule has 0 aromatic heterocycles. The molecule has 8 heteroatoms. The van der Waals surface area contributed by atoms with Crippen LogP contribution in [0.5, 0.6) is 5.75 Å². The number of carbonyl (C=O) groups excluding carboxylic acids is 2. The van der Waals surface area contributed by atoms with Gasteiger partial charge < -0.3 is 15.4 Å². The van der Waals surface area contributed by atoms with E-state index in [-0.39, 0.29) is 27.5 Å². The van der Waals surface area contributed by atoms with Crippen molar-refractivity contribution < 1.29 is 22.7 Å². The maximum Gasteiger partial charge on any atom is 0.257 e. The first-order valence-electron chi connectivity index (χ1n) is 10.0. The largest absolute Gasteiger partial charge is 0.497 e. The third-order valence-corrected chi connectivity index (χ3v) is 6.68. The molecule has 0 aliphatic rings. The zero-order chi connectivity index (χ0) is 23.1. The lowest BCUT2D eigenvalue weighted by atomic mass is 10.1. The van der Waals surface area contributed by atoms with Crippen LogP contribution < -0.4 is 15.4 Å². The van der Waals surface area contributed by atoms with Crippen LogP contribution in [0.15, 0.2) is 77.7 Å². The van der Waals surface area contributed by atoms with Gasteiger partial charge in [0.15, 0.2) is 9.84 Å². The number of methoxy groups -OCH3 is 1. The van der Waals surface area contributed by atoms with Gasteiger partial charge in [-0.2, -0.15) is 0 Å². The van der Waals surface area contributed by atoms with Gasteiger partial charge >= 0.3 is 0 Å². The highest BCUT2D eigenvalue weighted by molar-refractivity contribution is 7.91. The van der Waals surface area contributed by atoms with E-state index in [4.69, 9.17) is 4.74 Å². The van der Waals surface area contributed by atoms with E-state index in [0.29, 0.717) is 17.9 Å². The minimum absolute atomic E-state index is 0.0282. The van der Waals surface area contributed by atoms with E-state index in [1.807, 2.05) is 0 Å². The predicted molar refractivity (Wildman–Crippen MR) is 124 cm³/mol. The van der Waals surface area contributed by atoms with E-state index in [1.165, 1.54) is 12.1 Å². The molecule has 0 atom stereocenters. The van der Waals surface area contributed by atoms with Gasteiger partial charge in [0.1, 0.15) is 5.75 Å². The summed E-state index contributed by atoms with van der Waals surface area (Å²) >= 11 is 0. The molecule has 3 rings (SSSR count). The second-order valence-electron chi connectivity index (χ2n) is 7.00. The van der Waals surface area contributed by atoms with E-state index in [0.717, 1.165) is 0 Å². The average molecular weight is 453 g/mol. The molecule has 0 aliphatic heterocycles. The Kier molecular flexibility index (Phi) is 7.27. The van der Waals surface area contributed by atoms with Gasteiger partial charge in [-0.3, -0.25) is 9.59 Å². The quantitative estimate of drug-likeness (QED) is 0.528. The molecule has 166 valence electrons. The van der Waals surface area contributed by atoms with Crippen molar-refractivity contribution in [2.45, 2.75) is 18.2 Å². The van der Waals surface area contributed by atoms with E-state index in [1.54, 1.807) is 74.7 Å². The van der Waals surface area contributed by atoms with Crippen LogP contribution in [0.4, 0.5) is 11.4 Å². The van der Waals surface area contributed by atoms with Gasteiger partial charge in [0.05, 0.1) is 34.6 Å². The van der Waals surface area contributed by atoms with Crippen molar-refractivity contribution in [2.75, 3.05) is 23.5 Å². The molecule has 0 bridgehead atoms. The molecule has 3 aromatic rings. The number of ether oxygens (including phenoxy) is 1. The number of nitrogens with one attached hydrogen (secondary N) is 2. The fourth-order valence-electron chi connectivity index (χ4n) is 3.16. The number of sulfone groups is 1. The fourth-order valence-corrected chi connectivity index (χ4v) is 4.70. The Bertz CT molecular complexity index is 1220. The van der Waals surface area contributed by atoms with Gasteiger partial charge in [-0.25, -0.2) is 8.42 Å². The van der Waals surface area contributed by atoms with Crippen molar-refractivity contribution in [1.29, 1.82) is 0 Å². The minimum Gasteiger partial charge on any atom is -0.497 e. The lowest BCUT2D eigenvalue weighted by molar-refractivity contribution is 0.102. The Morgan fingerprint density at radius 3 is 2.06 bits per heavy atom. The molecule has 32 heavy (non-hydrogen) atoms. The molecule has 0 heterocycles. The summed E-state index contributed by atoms with van der Waals surface area (Å²) in [6, 6.07) is 19.4. The first-order chi connectivity index (χ1) is 15.4. The second kappa shape index (κ2) is 10.1. The summed E-state index contributed by atoms with van der Waals surface area (Å²) < 4.78 is 30.3. The van der Waals surface area contributed by atoms with Gasteiger partial charge in [0.25, 0.3) is 11.8 Å². The number of carbonyl (C=O) groups is 2. The Morgan fingerprint density at radius 1 is 0.812 bits per heavy atom. The molecule has 2 N–H and O–H groups in total. The van der Waals surface area contributed by atoms with Crippen molar-refractivity contribution >= 4 is 33.0 Å². The summed E-state index contributed by atoms with van der Waals surface area (Å²) in [5.74, 6) is -0.423. The van der Waals surface area contributed by atoms with Gasteiger partial charge in [0, 0.05) is 5.69 Å². The maximum absolute atomic E-state index is 13.0. The van der Waals surface area contributed by atoms with Crippen molar-refractivity contribution in [3.63, 3.8) is 0 Å². The normalized spacial score (nSPS) is 10.9. The lowest BCUT2D eigenvalue weighted by Crippen LogP contribution is -2.20. The van der Waals surface area contributed by atoms with Crippen LogP contribution in [0.1, 0.15) is 34.1 Å². The molecule has 0 spiro atoms. The van der Waals surface area contributed by atoms with Crippen LogP contribution in [0.25, 0.3) is 0 Å². The summed E-state index contributed by atoms with van der Waals surface area (Å²) in [6.45, 7) is 1.76. The van der Waals surface area contributed by atoms with Crippen LogP contribution in [0, 0.1) is 0 Å². The topological polar surface area (TPSA) is 102 Å². The summed E-state index contributed by atoms with van der Waals surface area (Å²) in [5, 5.41) is 5.46. The molecular weight excluding hydrogens is 428 g/mol. The number of rotatable bonds is 8. The van der Waals surface area contributed by atoms with Gasteiger partial charge in [-0.15, -0.1) is 0 Å². The first kappa shape index (κ1) is 23.0. The van der Waals surface area contributed by atoms with E-state index >= 15 is 0 Å². The maximum atomic E-state index is 13.0. The third kappa shape index (κ3) is 5.33. The van der Waals surface area contributed by atoms with Crippen LogP contribution >= 0.6 is 0 Å². The van der Waals surface area contributed by atoms with Gasteiger partial charge in [0.2, 0.25) is 0 Å². The smallest absolute Gasteiger partial charge is 0.257 e. The number of para-hydroxylation sites is 1. The highest BCUT2D eigenvalue weighted by Gasteiger charge is 2.22. The highest BCUT2D eigenvalue weighted by Crippen LogP contribution is 2.23. The van der Waals surface area contributed by atoms with E-state index in [2.05, 4.69) is 10.6 Å². The standard InChI is InChI=1S/C24H24N2O5S/c1-3-16-32(29,30)22-11-7-5-9-20(22)24(28)26-21-10-6-4-8-19(21)23(27)25-17-12-14-18(31-2)15-13-17/h4-15H,3,16H2,1-2H3,(H,25,27)(H,26,28). The van der Waals surface area contributed by atoms with E-state index in [9.17, 15) is 18.0 Å². The summed E-state index contributed by atoms with van der Waals surface area (Å²) in [7, 11) is -2.05. The molecule has 3 aromatic carbocycles. The highest BCUT2D eigenvalue weighted by atomic mass is 32.2. The van der Waals surface area contributed by atoms with Crippen LogP contribution in [0.2, 0.25) is 0 Å². The Morgan fingerprint density at radius 2 is 1.41 bits per heavy atom. The van der Waals surface area contributed by atoms with Crippen LogP contribution in [-0.2, 0) is 9.84 Å². The van der Waals surface area contributed by atoms with Crippen molar-refractivity contribution in [3.05, 3.63) is 83.9 Å². The SMILES string of the molecule is CCCS(=O)(=O)c1ccccc1C(=O)Nc1ccccc1C(=O)Nc1ccc(OC)cc1. The lowest BCUT2D eigenvalue weighted by Gasteiger charge is -2.14. The summed E-state index contributed by atoms with van der Waals surface area (Å²) in [5.41, 5.74) is 1.11. The number of anilines is 2. The van der Waals surface area contributed by atoms with Crippen LogP contribution in [-0.4, -0.2) is 33.1 Å². The number of amides is 2. The monoisotopic (exact) mass is 452 g/mol. The predicted octanol–water partition coefficient (Wildman–Crippen LogP) is 4.38. The summed E-state index contributed by atoms with van der Waals surface area (Å²) in [6.07, 6.45) is 0.437. The molecule has 7 nitrogen and oxygen atoms in total. The Labute approximate surface area is 187 Å². The third-order valence-electron chi connectivity index (χ3n) is 4.71. The molecule has 2 amide bonds. The van der Waals surface area contributed by atoms with E-state index < -0.39 is 21.7 Å². The van der Waals surface area contributed by atoms with Crippen molar-refractivity contribution in [1.82, 2.24) is 0 Å². The van der Waals surface area contributed by atoms with Crippen molar-refractivity contribution in [3.8, 4) is 5.75 Å². The number of hydrogen-bond acceptors (Lipinski definition) is 5. The zero-order valence-corrected chi connectivity index (χ0v) is 18.6. The average Bonchev–Trinajstić information content (AvgIpc) is 2.80. The molecule has 0 radical (unpaired) electrons. The fraction of sp³-hybridized carbons (Fsp3) is 0.167. The molecule has 0 unspecified atom stereocenters. The molecule has 0 fully saturated rings. The molecule has 0 saturated carbocycles. The zero-order valence-electron chi connectivity index (χ0n) is 17.8. The second-order valence-corrected chi connectivity index (χ2v) is 9.07.